The van der Waals surface area contributed by atoms with Crippen LogP contribution in [0, 0.1) is 29.6 Å². The molecule has 0 aliphatic carbocycles. The second-order valence-corrected chi connectivity index (χ2v) is 5.02. The van der Waals surface area contributed by atoms with Gasteiger partial charge in [0, 0.05) is 11.3 Å². The number of benzene rings is 2. The Balaban J connectivity index is 2.11. The normalized spacial score (nSPS) is 10.3. The van der Waals surface area contributed by atoms with Crippen molar-refractivity contribution < 1.29 is 9.84 Å². The van der Waals surface area contributed by atoms with Crippen LogP contribution in [-0.2, 0) is 6.61 Å². The maximum absolute atomic E-state index is 9.40. The van der Waals surface area contributed by atoms with Gasteiger partial charge in [0.25, 0.3) is 0 Å². The lowest BCUT2D eigenvalue weighted by Gasteiger charge is -2.09. The summed E-state index contributed by atoms with van der Waals surface area (Å²) in [6.45, 7) is 1.74. The van der Waals surface area contributed by atoms with Crippen LogP contribution in [0.15, 0.2) is 30.3 Å². The third-order valence-electron chi connectivity index (χ3n) is 3.50. The largest absolute Gasteiger partial charge is 0.456 e. The standard InChI is InChI=1S/C17H12N4O2/c1-10-16-15(3-2-13(9-22)17(16)21-20-10)23-14-5-11(7-18)4-12(6-14)8-19/h2-6,22H,9H2,1H3,(H,20,21). The first-order valence-corrected chi connectivity index (χ1v) is 6.87. The first-order chi connectivity index (χ1) is 11.2. The summed E-state index contributed by atoms with van der Waals surface area (Å²) >= 11 is 0. The van der Waals surface area contributed by atoms with Gasteiger partial charge >= 0.3 is 0 Å². The molecule has 6 heteroatoms. The highest BCUT2D eigenvalue weighted by Crippen LogP contribution is 2.33. The van der Waals surface area contributed by atoms with E-state index in [4.69, 9.17) is 15.3 Å². The van der Waals surface area contributed by atoms with Crippen molar-refractivity contribution in [1.82, 2.24) is 10.2 Å². The molecule has 0 saturated heterocycles. The van der Waals surface area contributed by atoms with Gasteiger partial charge in [-0.3, -0.25) is 5.10 Å². The number of aromatic amines is 1. The maximum atomic E-state index is 9.40. The van der Waals surface area contributed by atoms with Crippen LogP contribution in [0.4, 0.5) is 0 Å². The quantitative estimate of drug-likeness (QED) is 0.774. The topological polar surface area (TPSA) is 106 Å². The number of hydrogen-bond donors (Lipinski definition) is 2. The van der Waals surface area contributed by atoms with Gasteiger partial charge in [0.1, 0.15) is 17.0 Å². The van der Waals surface area contributed by atoms with Crippen LogP contribution >= 0.6 is 0 Å². The molecule has 0 amide bonds. The van der Waals surface area contributed by atoms with E-state index in [0.29, 0.717) is 33.7 Å². The van der Waals surface area contributed by atoms with Crippen LogP contribution in [0.25, 0.3) is 10.9 Å². The zero-order valence-electron chi connectivity index (χ0n) is 12.3. The molecular formula is C17H12N4O2. The van der Waals surface area contributed by atoms with Crippen molar-refractivity contribution in [2.45, 2.75) is 13.5 Å². The first kappa shape index (κ1) is 14.6. The average molecular weight is 304 g/mol. The van der Waals surface area contributed by atoms with Crippen molar-refractivity contribution in [3.05, 3.63) is 52.7 Å². The van der Waals surface area contributed by atoms with Crippen molar-refractivity contribution >= 4 is 10.9 Å². The molecule has 0 fully saturated rings. The minimum Gasteiger partial charge on any atom is -0.456 e. The van der Waals surface area contributed by atoms with Crippen LogP contribution in [-0.4, -0.2) is 15.3 Å². The third-order valence-corrected chi connectivity index (χ3v) is 3.50. The fraction of sp³-hybridized carbons (Fsp3) is 0.118. The summed E-state index contributed by atoms with van der Waals surface area (Å²) < 4.78 is 5.87. The van der Waals surface area contributed by atoms with Gasteiger partial charge in [-0.15, -0.1) is 0 Å². The van der Waals surface area contributed by atoms with Crippen LogP contribution < -0.4 is 4.74 Å². The van der Waals surface area contributed by atoms with Crippen molar-refractivity contribution in [1.29, 1.82) is 10.5 Å². The highest BCUT2D eigenvalue weighted by Gasteiger charge is 2.13. The van der Waals surface area contributed by atoms with Crippen LogP contribution in [0.2, 0.25) is 0 Å². The van der Waals surface area contributed by atoms with E-state index in [2.05, 4.69) is 10.2 Å². The Kier molecular flexibility index (Phi) is 3.68. The summed E-state index contributed by atoms with van der Waals surface area (Å²) in [5.74, 6) is 0.946. The number of aromatic nitrogens is 2. The van der Waals surface area contributed by atoms with Gasteiger partial charge in [0.2, 0.25) is 0 Å². The van der Waals surface area contributed by atoms with Crippen LogP contribution in [0.1, 0.15) is 22.4 Å². The number of ether oxygens (including phenoxy) is 1. The minimum absolute atomic E-state index is 0.121. The fourth-order valence-electron chi connectivity index (χ4n) is 2.43. The lowest BCUT2D eigenvalue weighted by molar-refractivity contribution is 0.283. The molecule has 23 heavy (non-hydrogen) atoms. The summed E-state index contributed by atoms with van der Waals surface area (Å²) in [6, 6.07) is 12.1. The molecule has 0 atom stereocenters. The Hall–Kier alpha value is -3.35. The molecular weight excluding hydrogens is 292 g/mol. The molecule has 3 aromatic rings. The number of aryl methyl sites for hydroxylation is 1. The first-order valence-electron chi connectivity index (χ1n) is 6.87. The number of H-pyrrole nitrogens is 1. The number of nitrogens with zero attached hydrogens (tertiary/aromatic N) is 3. The summed E-state index contributed by atoms with van der Waals surface area (Å²) in [5.41, 5.74) is 2.85. The SMILES string of the molecule is Cc1[nH]nc2c(CO)ccc(Oc3cc(C#N)cc(C#N)c3)c12. The number of rotatable bonds is 3. The monoisotopic (exact) mass is 304 g/mol. The van der Waals surface area contributed by atoms with Gasteiger partial charge in [-0.05, 0) is 31.2 Å². The van der Waals surface area contributed by atoms with Gasteiger partial charge < -0.3 is 9.84 Å². The van der Waals surface area contributed by atoms with Gasteiger partial charge in [-0.25, -0.2) is 0 Å². The number of fused-ring (bicyclic) bond motifs is 1. The zero-order chi connectivity index (χ0) is 16.4. The third kappa shape index (κ3) is 2.59. The van der Waals surface area contributed by atoms with Crippen LogP contribution in [0.3, 0.4) is 0 Å². The second-order valence-electron chi connectivity index (χ2n) is 5.02. The van der Waals surface area contributed by atoms with E-state index in [9.17, 15) is 5.11 Å². The van der Waals surface area contributed by atoms with E-state index in [1.165, 1.54) is 6.07 Å². The molecule has 3 rings (SSSR count). The Morgan fingerprint density at radius 2 is 1.87 bits per heavy atom. The summed E-state index contributed by atoms with van der Waals surface area (Å²) in [7, 11) is 0. The van der Waals surface area contributed by atoms with Gasteiger partial charge in [0.15, 0.2) is 0 Å². The molecule has 0 radical (unpaired) electrons. The second kappa shape index (κ2) is 5.80. The lowest BCUT2D eigenvalue weighted by atomic mass is 10.1. The van der Waals surface area contributed by atoms with Crippen molar-refractivity contribution in [2.24, 2.45) is 0 Å². The summed E-state index contributed by atoms with van der Waals surface area (Å²) in [5, 5.41) is 35.3. The Bertz CT molecular complexity index is 944. The molecule has 0 bridgehead atoms. The number of hydrogen-bond acceptors (Lipinski definition) is 5. The molecule has 112 valence electrons. The van der Waals surface area contributed by atoms with E-state index in [1.54, 1.807) is 24.3 Å². The fourth-order valence-corrected chi connectivity index (χ4v) is 2.43. The number of nitriles is 2. The Labute approximate surface area is 132 Å². The van der Waals surface area contributed by atoms with Gasteiger partial charge in [0.05, 0.1) is 35.3 Å². The van der Waals surface area contributed by atoms with E-state index < -0.39 is 0 Å². The molecule has 6 nitrogen and oxygen atoms in total. The lowest BCUT2D eigenvalue weighted by Crippen LogP contribution is -1.91. The molecule has 0 aliphatic rings. The highest BCUT2D eigenvalue weighted by molar-refractivity contribution is 5.90. The number of aliphatic hydroxyl groups is 1. The van der Waals surface area contributed by atoms with E-state index >= 15 is 0 Å². The van der Waals surface area contributed by atoms with E-state index in [-0.39, 0.29) is 6.61 Å². The molecule has 0 aliphatic heterocycles. The number of aliphatic hydroxyl groups excluding tert-OH is 1. The molecule has 0 unspecified atom stereocenters. The van der Waals surface area contributed by atoms with Crippen molar-refractivity contribution in [3.8, 4) is 23.6 Å². The molecule has 2 aromatic carbocycles. The van der Waals surface area contributed by atoms with Crippen molar-refractivity contribution in [2.75, 3.05) is 0 Å². The van der Waals surface area contributed by atoms with Gasteiger partial charge in [-0.1, -0.05) is 6.07 Å². The number of nitrogens with one attached hydrogen (secondary N) is 1. The van der Waals surface area contributed by atoms with Crippen molar-refractivity contribution in [3.63, 3.8) is 0 Å². The van der Waals surface area contributed by atoms with Gasteiger partial charge in [-0.2, -0.15) is 15.6 Å². The van der Waals surface area contributed by atoms with E-state index in [1.807, 2.05) is 19.1 Å². The minimum atomic E-state index is -0.121. The molecule has 0 saturated carbocycles. The van der Waals surface area contributed by atoms with Crippen LogP contribution in [0.5, 0.6) is 11.5 Å². The maximum Gasteiger partial charge on any atom is 0.138 e. The summed E-state index contributed by atoms with van der Waals surface area (Å²) in [4.78, 5) is 0. The Morgan fingerprint density at radius 1 is 1.17 bits per heavy atom. The van der Waals surface area contributed by atoms with E-state index in [0.717, 1.165) is 11.1 Å². The smallest absolute Gasteiger partial charge is 0.138 e. The Morgan fingerprint density at radius 3 is 2.48 bits per heavy atom. The molecule has 0 spiro atoms. The highest BCUT2D eigenvalue weighted by atomic mass is 16.5. The molecule has 1 heterocycles. The molecule has 2 N–H and O–H groups in total. The predicted molar refractivity (Wildman–Crippen MR) is 82.7 cm³/mol. The predicted octanol–water partition coefficient (Wildman–Crippen LogP) is 2.90. The molecule has 1 aromatic heterocycles. The average Bonchev–Trinajstić information content (AvgIpc) is 2.97. The summed E-state index contributed by atoms with van der Waals surface area (Å²) in [6.07, 6.45) is 0. The zero-order valence-corrected chi connectivity index (χ0v) is 12.3.